The summed E-state index contributed by atoms with van der Waals surface area (Å²) in [5, 5.41) is 4.95. The SMILES string of the molecule is Cc1ccc2c(c1C)Sc1c(C)c(C)c(C)c(C)c1[N]2. The lowest BCUT2D eigenvalue weighted by atomic mass is 9.97. The summed E-state index contributed by atoms with van der Waals surface area (Å²) in [7, 11) is 0. The van der Waals surface area contributed by atoms with Crippen molar-refractivity contribution in [3.05, 3.63) is 45.5 Å². The average molecular weight is 282 g/mol. The van der Waals surface area contributed by atoms with Crippen molar-refractivity contribution in [2.45, 2.75) is 51.3 Å². The number of fused-ring (bicyclic) bond motifs is 2. The highest BCUT2D eigenvalue weighted by atomic mass is 32.2. The summed E-state index contributed by atoms with van der Waals surface area (Å²) in [4.78, 5) is 2.66. The van der Waals surface area contributed by atoms with E-state index in [-0.39, 0.29) is 0 Å². The van der Waals surface area contributed by atoms with Gasteiger partial charge in [0.2, 0.25) is 0 Å². The maximum atomic E-state index is 4.95. The van der Waals surface area contributed by atoms with Crippen LogP contribution in [0.1, 0.15) is 33.4 Å². The second kappa shape index (κ2) is 4.56. The Bertz CT molecular complexity index is 729. The lowest BCUT2D eigenvalue weighted by molar-refractivity contribution is 1.00. The zero-order valence-corrected chi connectivity index (χ0v) is 13.8. The molecule has 0 spiro atoms. The molecule has 1 heterocycles. The van der Waals surface area contributed by atoms with E-state index >= 15 is 0 Å². The van der Waals surface area contributed by atoms with Crippen molar-refractivity contribution in [1.29, 1.82) is 0 Å². The van der Waals surface area contributed by atoms with Gasteiger partial charge in [-0.25, -0.2) is 5.32 Å². The summed E-state index contributed by atoms with van der Waals surface area (Å²) in [6.07, 6.45) is 0. The molecule has 3 rings (SSSR count). The van der Waals surface area contributed by atoms with Gasteiger partial charge in [-0.15, -0.1) is 0 Å². The van der Waals surface area contributed by atoms with Crippen LogP contribution in [0.15, 0.2) is 21.9 Å². The molecular formula is C18H20NS. The number of aryl methyl sites for hydroxylation is 1. The molecule has 1 nitrogen and oxygen atoms in total. The van der Waals surface area contributed by atoms with E-state index in [0.717, 1.165) is 5.69 Å². The largest absolute Gasteiger partial charge is 0.246 e. The zero-order valence-electron chi connectivity index (χ0n) is 13.0. The van der Waals surface area contributed by atoms with Crippen LogP contribution in [0.4, 0.5) is 11.4 Å². The quantitative estimate of drug-likeness (QED) is 0.526. The molecular weight excluding hydrogens is 262 g/mol. The van der Waals surface area contributed by atoms with Crippen molar-refractivity contribution >= 4 is 23.1 Å². The highest BCUT2D eigenvalue weighted by Gasteiger charge is 2.24. The van der Waals surface area contributed by atoms with Gasteiger partial charge in [0.1, 0.15) is 0 Å². The number of nitrogens with zero attached hydrogens (tertiary/aromatic N) is 1. The van der Waals surface area contributed by atoms with Crippen molar-refractivity contribution in [1.82, 2.24) is 5.32 Å². The van der Waals surface area contributed by atoms with E-state index in [1.807, 2.05) is 11.8 Å². The Balaban J connectivity index is 2.26. The molecule has 0 saturated carbocycles. The predicted molar refractivity (Wildman–Crippen MR) is 86.9 cm³/mol. The van der Waals surface area contributed by atoms with E-state index in [0.29, 0.717) is 0 Å². The molecule has 0 bridgehead atoms. The smallest absolute Gasteiger partial charge is 0.0811 e. The van der Waals surface area contributed by atoms with Crippen molar-refractivity contribution in [2.75, 3.05) is 0 Å². The topological polar surface area (TPSA) is 14.1 Å². The molecule has 20 heavy (non-hydrogen) atoms. The molecule has 103 valence electrons. The Morgan fingerprint density at radius 3 is 2.05 bits per heavy atom. The van der Waals surface area contributed by atoms with E-state index in [1.165, 1.54) is 48.9 Å². The maximum Gasteiger partial charge on any atom is 0.0811 e. The fourth-order valence-electron chi connectivity index (χ4n) is 2.73. The van der Waals surface area contributed by atoms with Crippen LogP contribution in [0.3, 0.4) is 0 Å². The summed E-state index contributed by atoms with van der Waals surface area (Å²) in [5.41, 5.74) is 10.5. The monoisotopic (exact) mass is 282 g/mol. The highest BCUT2D eigenvalue weighted by Crippen LogP contribution is 2.50. The van der Waals surface area contributed by atoms with E-state index < -0.39 is 0 Å². The Hall–Kier alpha value is -1.41. The van der Waals surface area contributed by atoms with Crippen LogP contribution in [0.5, 0.6) is 0 Å². The minimum Gasteiger partial charge on any atom is -0.246 e. The number of hydrogen-bond donors (Lipinski definition) is 0. The molecule has 2 heteroatoms. The van der Waals surface area contributed by atoms with E-state index in [9.17, 15) is 0 Å². The van der Waals surface area contributed by atoms with Gasteiger partial charge in [0.05, 0.1) is 11.4 Å². The molecule has 1 radical (unpaired) electrons. The second-order valence-corrected chi connectivity index (χ2v) is 6.77. The molecule has 0 aliphatic carbocycles. The molecule has 2 aromatic carbocycles. The van der Waals surface area contributed by atoms with E-state index in [1.54, 1.807) is 0 Å². The summed E-state index contributed by atoms with van der Waals surface area (Å²) in [6, 6.07) is 4.32. The van der Waals surface area contributed by atoms with Crippen LogP contribution in [0.25, 0.3) is 0 Å². The van der Waals surface area contributed by atoms with Gasteiger partial charge in [-0.3, -0.25) is 0 Å². The minimum absolute atomic E-state index is 1.12. The van der Waals surface area contributed by atoms with Crippen LogP contribution in [-0.2, 0) is 0 Å². The van der Waals surface area contributed by atoms with E-state index in [2.05, 4.69) is 53.7 Å². The summed E-state index contributed by atoms with van der Waals surface area (Å²) in [5.74, 6) is 0. The van der Waals surface area contributed by atoms with Gasteiger partial charge in [-0.05, 0) is 81.0 Å². The standard InChI is InChI=1S/C18H20NS/c1-9-7-8-15-17(10(9)2)20-18-14(6)12(4)11(3)13(5)16(18)19-15/h7-8H,1-6H3. The van der Waals surface area contributed by atoms with Gasteiger partial charge in [-0.2, -0.15) is 0 Å². The number of hydrogen-bond acceptors (Lipinski definition) is 1. The molecule has 0 amide bonds. The van der Waals surface area contributed by atoms with Crippen LogP contribution in [-0.4, -0.2) is 0 Å². The highest BCUT2D eigenvalue weighted by molar-refractivity contribution is 7.99. The molecule has 1 aliphatic heterocycles. The predicted octanol–water partition coefficient (Wildman–Crippen LogP) is 5.57. The maximum absolute atomic E-state index is 4.95. The lowest BCUT2D eigenvalue weighted by Crippen LogP contribution is -2.07. The fraction of sp³-hybridized carbons (Fsp3) is 0.333. The van der Waals surface area contributed by atoms with Gasteiger partial charge in [0.25, 0.3) is 0 Å². The normalized spacial score (nSPS) is 12.7. The Kier molecular flexibility index (Phi) is 3.09. The van der Waals surface area contributed by atoms with Gasteiger partial charge >= 0.3 is 0 Å². The van der Waals surface area contributed by atoms with E-state index in [4.69, 9.17) is 5.32 Å². The third-order valence-corrected chi connectivity index (χ3v) is 6.11. The van der Waals surface area contributed by atoms with Crippen molar-refractivity contribution in [3.8, 4) is 0 Å². The molecule has 2 aromatic rings. The van der Waals surface area contributed by atoms with Crippen molar-refractivity contribution < 1.29 is 0 Å². The lowest BCUT2D eigenvalue weighted by Gasteiger charge is -2.26. The van der Waals surface area contributed by atoms with Gasteiger partial charge in [0.15, 0.2) is 0 Å². The zero-order chi connectivity index (χ0) is 14.6. The summed E-state index contributed by atoms with van der Waals surface area (Å²) >= 11 is 1.89. The first kappa shape index (κ1) is 13.6. The molecule has 0 unspecified atom stereocenters. The molecule has 1 aliphatic rings. The fourth-order valence-corrected chi connectivity index (χ4v) is 4.07. The minimum atomic E-state index is 1.12. The van der Waals surface area contributed by atoms with Crippen LogP contribution in [0, 0.1) is 41.5 Å². The van der Waals surface area contributed by atoms with Crippen molar-refractivity contribution in [2.24, 2.45) is 0 Å². The van der Waals surface area contributed by atoms with Crippen LogP contribution in [0.2, 0.25) is 0 Å². The Labute approximate surface area is 125 Å². The third-order valence-electron chi connectivity index (χ3n) is 4.69. The van der Waals surface area contributed by atoms with Gasteiger partial charge in [0, 0.05) is 9.79 Å². The summed E-state index contributed by atoms with van der Waals surface area (Å²) in [6.45, 7) is 13.2. The third kappa shape index (κ3) is 1.78. The second-order valence-electron chi connectivity index (χ2n) is 5.75. The first-order chi connectivity index (χ1) is 9.41. The molecule has 0 N–H and O–H groups in total. The first-order valence-corrected chi connectivity index (χ1v) is 7.83. The van der Waals surface area contributed by atoms with Crippen LogP contribution < -0.4 is 5.32 Å². The molecule has 0 fully saturated rings. The molecule has 0 saturated heterocycles. The number of benzene rings is 2. The Morgan fingerprint density at radius 1 is 0.700 bits per heavy atom. The van der Waals surface area contributed by atoms with Crippen molar-refractivity contribution in [3.63, 3.8) is 0 Å². The first-order valence-electron chi connectivity index (χ1n) is 7.02. The number of rotatable bonds is 0. The average Bonchev–Trinajstić information content (AvgIpc) is 2.45. The molecule has 0 aromatic heterocycles. The Morgan fingerprint density at radius 2 is 1.35 bits per heavy atom. The molecule has 0 atom stereocenters. The van der Waals surface area contributed by atoms with Crippen LogP contribution >= 0.6 is 11.8 Å². The van der Waals surface area contributed by atoms with Gasteiger partial charge < -0.3 is 0 Å². The summed E-state index contributed by atoms with van der Waals surface area (Å²) < 4.78 is 0. The van der Waals surface area contributed by atoms with Gasteiger partial charge in [-0.1, -0.05) is 17.8 Å².